The van der Waals surface area contributed by atoms with E-state index in [0.717, 1.165) is 39.0 Å². The molecule has 0 spiro atoms. The maximum Gasteiger partial charge on any atom is 0.236 e. The van der Waals surface area contributed by atoms with Crippen LogP contribution in [0.15, 0.2) is 0 Å². The molecule has 1 heterocycles. The molecule has 0 saturated carbocycles. The third-order valence-electron chi connectivity index (χ3n) is 3.30. The molecule has 1 rings (SSSR count). The van der Waals surface area contributed by atoms with Gasteiger partial charge >= 0.3 is 0 Å². The van der Waals surface area contributed by atoms with Crippen molar-refractivity contribution in [2.45, 2.75) is 26.2 Å². The lowest BCUT2D eigenvalue weighted by atomic mass is 10.4. The molecule has 0 aliphatic carbocycles. The van der Waals surface area contributed by atoms with E-state index in [-0.39, 0.29) is 5.91 Å². The fraction of sp³-hybridized carbons (Fsp3) is 0.933. The number of hydrogen-bond donors (Lipinski definition) is 1. The number of amides is 1. The van der Waals surface area contributed by atoms with E-state index in [9.17, 15) is 4.79 Å². The molecule has 1 aliphatic rings. The Morgan fingerprint density at radius 1 is 1.05 bits per heavy atom. The average Bonchev–Trinajstić information content (AvgIpc) is 2.69. The first-order valence-electron chi connectivity index (χ1n) is 8.06. The van der Waals surface area contributed by atoms with E-state index in [1.807, 2.05) is 4.90 Å². The number of nitrogens with one attached hydrogen (secondary N) is 1. The monoisotopic (exact) mass is 302 g/mol. The number of hydrogen-bond acceptors (Lipinski definition) is 5. The largest absolute Gasteiger partial charge is 0.379 e. The molecule has 0 radical (unpaired) electrons. The van der Waals surface area contributed by atoms with Gasteiger partial charge in [-0.15, -0.1) is 0 Å². The average molecular weight is 302 g/mol. The second-order valence-electron chi connectivity index (χ2n) is 5.10. The number of ether oxygens (including phenoxy) is 3. The second-order valence-corrected chi connectivity index (χ2v) is 5.10. The summed E-state index contributed by atoms with van der Waals surface area (Å²) >= 11 is 0. The Morgan fingerprint density at radius 3 is 2.43 bits per heavy atom. The summed E-state index contributed by atoms with van der Waals surface area (Å²) in [4.78, 5) is 13.6. The molecule has 0 aromatic carbocycles. The molecule has 1 amide bonds. The zero-order valence-electron chi connectivity index (χ0n) is 13.3. The van der Waals surface area contributed by atoms with E-state index < -0.39 is 0 Å². The molecule has 1 N–H and O–H groups in total. The molecule has 1 saturated heterocycles. The van der Waals surface area contributed by atoms with Gasteiger partial charge in [-0.2, -0.15) is 0 Å². The summed E-state index contributed by atoms with van der Waals surface area (Å²) in [5.74, 6) is 0.163. The molecule has 0 aromatic heterocycles. The summed E-state index contributed by atoms with van der Waals surface area (Å²) in [6, 6.07) is 0. The fourth-order valence-electron chi connectivity index (χ4n) is 2.03. The van der Waals surface area contributed by atoms with Gasteiger partial charge in [-0.1, -0.05) is 13.3 Å². The predicted octanol–water partition coefficient (Wildman–Crippen LogP) is 0.658. The molecule has 6 nitrogen and oxygen atoms in total. The van der Waals surface area contributed by atoms with Gasteiger partial charge in [-0.05, 0) is 19.4 Å². The van der Waals surface area contributed by atoms with Gasteiger partial charge in [0, 0.05) is 19.7 Å². The SMILES string of the molecule is CCCCOCCOCCOCCN1CCCNCC1=O. The minimum atomic E-state index is 0.163. The van der Waals surface area contributed by atoms with Crippen molar-refractivity contribution >= 4 is 5.91 Å². The maximum atomic E-state index is 11.7. The maximum absolute atomic E-state index is 11.7. The van der Waals surface area contributed by atoms with E-state index in [2.05, 4.69) is 12.2 Å². The van der Waals surface area contributed by atoms with Crippen molar-refractivity contribution in [2.75, 3.05) is 65.8 Å². The number of rotatable bonds is 12. The highest BCUT2D eigenvalue weighted by molar-refractivity contribution is 5.78. The van der Waals surface area contributed by atoms with Crippen LogP contribution in [0.1, 0.15) is 26.2 Å². The van der Waals surface area contributed by atoms with Gasteiger partial charge in [0.1, 0.15) is 0 Å². The topological polar surface area (TPSA) is 60.0 Å². The summed E-state index contributed by atoms with van der Waals surface area (Å²) in [7, 11) is 0. The lowest BCUT2D eigenvalue weighted by Crippen LogP contribution is -2.37. The zero-order chi connectivity index (χ0) is 15.2. The highest BCUT2D eigenvalue weighted by Crippen LogP contribution is 1.96. The van der Waals surface area contributed by atoms with Crippen molar-refractivity contribution in [1.82, 2.24) is 10.2 Å². The van der Waals surface area contributed by atoms with Crippen molar-refractivity contribution < 1.29 is 19.0 Å². The van der Waals surface area contributed by atoms with Gasteiger partial charge in [0.2, 0.25) is 5.91 Å². The van der Waals surface area contributed by atoms with E-state index in [1.54, 1.807) is 0 Å². The molecule has 124 valence electrons. The number of nitrogens with zero attached hydrogens (tertiary/aromatic N) is 1. The van der Waals surface area contributed by atoms with E-state index in [4.69, 9.17) is 14.2 Å². The van der Waals surface area contributed by atoms with Crippen LogP contribution in [0.2, 0.25) is 0 Å². The Balaban J connectivity index is 1.84. The van der Waals surface area contributed by atoms with Gasteiger partial charge in [0.25, 0.3) is 0 Å². The van der Waals surface area contributed by atoms with Crippen LogP contribution in [0.5, 0.6) is 0 Å². The van der Waals surface area contributed by atoms with E-state index >= 15 is 0 Å². The Labute approximate surface area is 128 Å². The van der Waals surface area contributed by atoms with Crippen molar-refractivity contribution in [3.63, 3.8) is 0 Å². The smallest absolute Gasteiger partial charge is 0.236 e. The summed E-state index contributed by atoms with van der Waals surface area (Å²) in [6.07, 6.45) is 3.27. The molecule has 0 aromatic rings. The lowest BCUT2D eigenvalue weighted by molar-refractivity contribution is -0.130. The zero-order valence-corrected chi connectivity index (χ0v) is 13.3. The molecule has 0 bridgehead atoms. The quantitative estimate of drug-likeness (QED) is 0.537. The highest BCUT2D eigenvalue weighted by Gasteiger charge is 2.15. The van der Waals surface area contributed by atoms with E-state index in [0.29, 0.717) is 46.1 Å². The molecule has 6 heteroatoms. The van der Waals surface area contributed by atoms with Crippen LogP contribution < -0.4 is 5.32 Å². The Kier molecular flexibility index (Phi) is 11.4. The van der Waals surface area contributed by atoms with Crippen molar-refractivity contribution in [3.05, 3.63) is 0 Å². The highest BCUT2D eigenvalue weighted by atomic mass is 16.5. The van der Waals surface area contributed by atoms with Crippen LogP contribution in [-0.2, 0) is 19.0 Å². The third-order valence-corrected chi connectivity index (χ3v) is 3.30. The van der Waals surface area contributed by atoms with Crippen molar-refractivity contribution in [2.24, 2.45) is 0 Å². The predicted molar refractivity (Wildman–Crippen MR) is 81.4 cm³/mol. The molecule has 0 unspecified atom stereocenters. The number of unbranched alkanes of at least 4 members (excludes halogenated alkanes) is 1. The Morgan fingerprint density at radius 2 is 1.71 bits per heavy atom. The number of carbonyl (C=O) groups excluding carboxylic acids is 1. The first-order chi connectivity index (χ1) is 10.3. The minimum Gasteiger partial charge on any atom is -0.379 e. The van der Waals surface area contributed by atoms with Crippen LogP contribution in [0, 0.1) is 0 Å². The Hall–Kier alpha value is -0.690. The molecule has 21 heavy (non-hydrogen) atoms. The van der Waals surface area contributed by atoms with Gasteiger partial charge in [0.05, 0.1) is 39.6 Å². The van der Waals surface area contributed by atoms with Crippen LogP contribution in [0.25, 0.3) is 0 Å². The van der Waals surface area contributed by atoms with Crippen LogP contribution in [-0.4, -0.2) is 76.6 Å². The normalized spacial score (nSPS) is 16.2. The first-order valence-corrected chi connectivity index (χ1v) is 8.06. The van der Waals surface area contributed by atoms with Crippen molar-refractivity contribution in [1.29, 1.82) is 0 Å². The van der Waals surface area contributed by atoms with Crippen LogP contribution in [0.4, 0.5) is 0 Å². The summed E-state index contributed by atoms with van der Waals surface area (Å²) < 4.78 is 16.3. The first kappa shape index (κ1) is 18.4. The van der Waals surface area contributed by atoms with Gasteiger partial charge in [-0.25, -0.2) is 0 Å². The van der Waals surface area contributed by atoms with E-state index in [1.165, 1.54) is 0 Å². The van der Waals surface area contributed by atoms with Gasteiger partial charge < -0.3 is 24.4 Å². The molecule has 0 atom stereocenters. The fourth-order valence-corrected chi connectivity index (χ4v) is 2.03. The molecule has 1 fully saturated rings. The van der Waals surface area contributed by atoms with Gasteiger partial charge in [-0.3, -0.25) is 4.79 Å². The molecule has 1 aliphatic heterocycles. The number of carbonyl (C=O) groups is 1. The Bertz CT molecular complexity index is 264. The third kappa shape index (κ3) is 9.79. The van der Waals surface area contributed by atoms with Crippen molar-refractivity contribution in [3.8, 4) is 0 Å². The second kappa shape index (κ2) is 13.0. The minimum absolute atomic E-state index is 0.163. The summed E-state index contributed by atoms with van der Waals surface area (Å²) in [6.45, 7) is 8.78. The van der Waals surface area contributed by atoms with Crippen LogP contribution in [0.3, 0.4) is 0 Å². The standard InChI is InChI=1S/C15H30N2O4/c1-2-3-8-19-10-12-21-13-11-20-9-7-17-6-4-5-16-14-15(17)18/h16H,2-14H2,1H3. The molecular weight excluding hydrogens is 272 g/mol. The van der Waals surface area contributed by atoms with Crippen LogP contribution >= 0.6 is 0 Å². The summed E-state index contributed by atoms with van der Waals surface area (Å²) in [5.41, 5.74) is 0. The van der Waals surface area contributed by atoms with Gasteiger partial charge in [0.15, 0.2) is 0 Å². The summed E-state index contributed by atoms with van der Waals surface area (Å²) in [5, 5.41) is 3.11. The lowest BCUT2D eigenvalue weighted by Gasteiger charge is -2.19. The molecular formula is C15H30N2O4.